The van der Waals surface area contributed by atoms with Gasteiger partial charge < -0.3 is 9.30 Å². The number of aromatic nitrogens is 4. The normalized spacial score (nSPS) is 11.0. The summed E-state index contributed by atoms with van der Waals surface area (Å²) in [5.74, 6) is 0.954. The maximum atomic E-state index is 13.0. The number of methoxy groups -OCH3 is 1. The Morgan fingerprint density at radius 3 is 2.63 bits per heavy atom. The van der Waals surface area contributed by atoms with E-state index in [1.807, 2.05) is 0 Å². The van der Waals surface area contributed by atoms with E-state index in [1.54, 1.807) is 60.5 Å². The van der Waals surface area contributed by atoms with E-state index in [4.69, 9.17) is 16.3 Å². The number of nitrogens with zero attached hydrogens (tertiary/aromatic N) is 4. The zero-order valence-corrected chi connectivity index (χ0v) is 15.7. The van der Waals surface area contributed by atoms with Crippen molar-refractivity contribution in [2.75, 3.05) is 7.11 Å². The summed E-state index contributed by atoms with van der Waals surface area (Å²) in [6, 6.07) is 10.1. The molecule has 3 heterocycles. The highest BCUT2D eigenvalue weighted by atomic mass is 35.5. The summed E-state index contributed by atoms with van der Waals surface area (Å²) in [4.78, 5) is 34.6. The third kappa shape index (κ3) is 3.24. The van der Waals surface area contributed by atoms with Gasteiger partial charge in [-0.25, -0.2) is 14.3 Å². The average Bonchev–Trinajstić information content (AvgIpc) is 3.08. The molecule has 1 aromatic heterocycles. The van der Waals surface area contributed by atoms with Gasteiger partial charge in [0.25, 0.3) is 5.56 Å². The molecule has 0 amide bonds. The lowest BCUT2D eigenvalue weighted by molar-refractivity contribution is 0.414. The van der Waals surface area contributed by atoms with Crippen LogP contribution in [0.3, 0.4) is 0 Å². The fourth-order valence-electron chi connectivity index (χ4n) is 2.79. The number of hydrogen-bond acceptors (Lipinski definition) is 6. The van der Waals surface area contributed by atoms with Crippen LogP contribution in [-0.4, -0.2) is 26.2 Å². The lowest BCUT2D eigenvalue weighted by atomic mass is 10.2. The van der Waals surface area contributed by atoms with E-state index in [-0.39, 0.29) is 0 Å². The minimum absolute atomic E-state index is 0.321. The van der Waals surface area contributed by atoms with Crippen LogP contribution >= 0.6 is 22.9 Å². The van der Waals surface area contributed by atoms with E-state index in [2.05, 4.69) is 9.97 Å². The molecule has 0 atom stereocenters. The Bertz CT molecular complexity index is 1200. The van der Waals surface area contributed by atoms with Crippen LogP contribution in [0.5, 0.6) is 5.75 Å². The molecule has 0 N–H and O–H groups in total. The van der Waals surface area contributed by atoms with Crippen LogP contribution in [0.25, 0.3) is 17.1 Å². The molecule has 0 saturated carbocycles. The van der Waals surface area contributed by atoms with Gasteiger partial charge in [0.15, 0.2) is 10.3 Å². The Hall–Kier alpha value is -2.97. The van der Waals surface area contributed by atoms with Gasteiger partial charge in [-0.3, -0.25) is 4.79 Å². The highest BCUT2D eigenvalue weighted by Gasteiger charge is 2.18. The first-order chi connectivity index (χ1) is 13.1. The minimum Gasteiger partial charge on any atom is -0.497 e. The van der Waals surface area contributed by atoms with E-state index in [0.717, 1.165) is 9.44 Å². The summed E-state index contributed by atoms with van der Waals surface area (Å²) in [7, 11) is 1.55. The van der Waals surface area contributed by atoms with Gasteiger partial charge in [0.1, 0.15) is 5.75 Å². The first kappa shape index (κ1) is 17.4. The maximum absolute atomic E-state index is 13.0. The predicted octanol–water partition coefficient (Wildman–Crippen LogP) is 2.67. The summed E-state index contributed by atoms with van der Waals surface area (Å²) >= 11 is 7.21. The number of rotatable bonds is 4. The zero-order chi connectivity index (χ0) is 19.0. The number of fused-ring (bicyclic) bond motifs is 1. The first-order valence-electron chi connectivity index (χ1n) is 7.93. The Labute approximate surface area is 162 Å². The summed E-state index contributed by atoms with van der Waals surface area (Å²) in [5.41, 5.74) is -0.278. The molecule has 7 nitrogen and oxygen atoms in total. The van der Waals surface area contributed by atoms with Crippen molar-refractivity contribution in [1.82, 2.24) is 19.1 Å². The van der Waals surface area contributed by atoms with Gasteiger partial charge in [-0.2, -0.15) is 4.98 Å². The fraction of sp³-hybridized carbons (Fsp3) is 0.111. The number of benzene rings is 1. The van der Waals surface area contributed by atoms with Crippen molar-refractivity contribution in [3.05, 3.63) is 79.0 Å². The Kier molecular flexibility index (Phi) is 4.51. The summed E-state index contributed by atoms with van der Waals surface area (Å²) < 4.78 is 8.33. The Morgan fingerprint density at radius 2 is 1.96 bits per heavy atom. The van der Waals surface area contributed by atoms with Crippen LogP contribution in [-0.2, 0) is 6.54 Å². The summed E-state index contributed by atoms with van der Waals surface area (Å²) in [5, 5.41) is 0. The van der Waals surface area contributed by atoms with Gasteiger partial charge in [-0.1, -0.05) is 11.6 Å². The molecule has 0 spiro atoms. The van der Waals surface area contributed by atoms with Crippen LogP contribution in [0.2, 0.25) is 4.47 Å². The largest absolute Gasteiger partial charge is 0.497 e. The second kappa shape index (κ2) is 6.98. The van der Waals surface area contributed by atoms with E-state index < -0.39 is 11.2 Å². The third-order valence-corrected chi connectivity index (χ3v) is 5.15. The zero-order valence-electron chi connectivity index (χ0n) is 14.1. The molecular weight excluding hydrogens is 388 g/mol. The Balaban J connectivity index is 1.85. The van der Waals surface area contributed by atoms with Crippen molar-refractivity contribution < 1.29 is 4.74 Å². The molecule has 2 aliphatic heterocycles. The minimum atomic E-state index is -0.639. The van der Waals surface area contributed by atoms with Crippen molar-refractivity contribution in [2.24, 2.45) is 0 Å². The standard InChI is InChI=1S/C18H13ClN4O3S/c1-26-12-6-4-11(5-7-12)23-16(24)14-3-2-8-22(15(14)21-18(23)25)10-13-9-20-17(19)27-13/h2-9H,10H2,1H3. The molecule has 9 heteroatoms. The fourth-order valence-corrected chi connectivity index (χ4v) is 3.77. The van der Waals surface area contributed by atoms with E-state index in [0.29, 0.717) is 33.8 Å². The van der Waals surface area contributed by atoms with Crippen molar-refractivity contribution in [3.8, 4) is 22.8 Å². The molecular formula is C18H13ClN4O3S. The van der Waals surface area contributed by atoms with Gasteiger partial charge in [-0.15, -0.1) is 11.3 Å². The smallest absolute Gasteiger partial charge is 0.357 e. The van der Waals surface area contributed by atoms with Crippen LogP contribution in [0, 0.1) is 0 Å². The maximum Gasteiger partial charge on any atom is 0.357 e. The van der Waals surface area contributed by atoms with Crippen LogP contribution in [0.1, 0.15) is 4.88 Å². The quantitative estimate of drug-likeness (QED) is 0.526. The SMILES string of the molecule is COc1ccc(-n2c(=O)nc3n(Cc4cnc(Cl)s4)cccc-3c2=O)cc1. The molecule has 2 aliphatic rings. The van der Waals surface area contributed by atoms with Gasteiger partial charge in [0, 0.05) is 17.3 Å². The highest BCUT2D eigenvalue weighted by Crippen LogP contribution is 2.21. The summed E-state index contributed by atoms with van der Waals surface area (Å²) in [6.45, 7) is 0.417. The second-order valence-corrected chi connectivity index (χ2v) is 7.38. The number of ether oxygens (including phenoxy) is 1. The van der Waals surface area contributed by atoms with Crippen molar-refractivity contribution in [1.29, 1.82) is 0 Å². The van der Waals surface area contributed by atoms with Gasteiger partial charge in [0.2, 0.25) is 0 Å². The number of halogens is 1. The summed E-state index contributed by atoms with van der Waals surface area (Å²) in [6.07, 6.45) is 3.43. The molecule has 0 aliphatic carbocycles. The predicted molar refractivity (Wildman–Crippen MR) is 103 cm³/mol. The molecule has 2 aromatic rings. The molecule has 0 unspecified atom stereocenters. The molecule has 0 radical (unpaired) electrons. The van der Waals surface area contributed by atoms with Crippen LogP contribution < -0.4 is 16.0 Å². The Morgan fingerprint density at radius 1 is 1.19 bits per heavy atom. The van der Waals surface area contributed by atoms with Crippen LogP contribution in [0.4, 0.5) is 0 Å². The van der Waals surface area contributed by atoms with E-state index >= 15 is 0 Å². The highest BCUT2D eigenvalue weighted by molar-refractivity contribution is 7.15. The van der Waals surface area contributed by atoms with Crippen molar-refractivity contribution >= 4 is 22.9 Å². The average molecular weight is 401 g/mol. The van der Waals surface area contributed by atoms with E-state index in [1.165, 1.54) is 11.3 Å². The topological polar surface area (TPSA) is 79.0 Å². The van der Waals surface area contributed by atoms with E-state index in [9.17, 15) is 9.59 Å². The third-order valence-electron chi connectivity index (χ3n) is 4.05. The molecule has 0 fully saturated rings. The molecule has 136 valence electrons. The monoisotopic (exact) mass is 400 g/mol. The lowest BCUT2D eigenvalue weighted by Crippen LogP contribution is -2.36. The van der Waals surface area contributed by atoms with Gasteiger partial charge in [0.05, 0.1) is 24.9 Å². The molecule has 27 heavy (non-hydrogen) atoms. The van der Waals surface area contributed by atoms with Crippen molar-refractivity contribution in [2.45, 2.75) is 6.54 Å². The molecule has 0 saturated heterocycles. The number of thiazole rings is 1. The van der Waals surface area contributed by atoms with Crippen LogP contribution in [0.15, 0.2) is 58.4 Å². The second-order valence-electron chi connectivity index (χ2n) is 5.69. The number of pyridine rings is 1. The molecule has 1 aromatic carbocycles. The lowest BCUT2D eigenvalue weighted by Gasteiger charge is -2.14. The van der Waals surface area contributed by atoms with Gasteiger partial charge in [-0.05, 0) is 36.4 Å². The molecule has 0 bridgehead atoms. The molecule has 4 rings (SSSR count). The van der Waals surface area contributed by atoms with Crippen molar-refractivity contribution in [3.63, 3.8) is 0 Å². The first-order valence-corrected chi connectivity index (χ1v) is 9.13. The van der Waals surface area contributed by atoms with Gasteiger partial charge >= 0.3 is 5.69 Å². The number of hydrogen-bond donors (Lipinski definition) is 0.